The summed E-state index contributed by atoms with van der Waals surface area (Å²) in [5.74, 6) is -1.68. The van der Waals surface area contributed by atoms with Gasteiger partial charge in [-0.3, -0.25) is 9.59 Å². The maximum Gasteiger partial charge on any atom is 0.235 e. The second-order valence-corrected chi connectivity index (χ2v) is 5.13. The lowest BCUT2D eigenvalue weighted by Crippen LogP contribution is -2.36. The number of ketones is 2. The predicted molar refractivity (Wildman–Crippen MR) is 78.7 cm³/mol. The molecule has 4 N–H and O–H groups in total. The lowest BCUT2D eigenvalue weighted by Gasteiger charge is -2.05. The van der Waals surface area contributed by atoms with Crippen LogP contribution in [0.4, 0.5) is 0 Å². The van der Waals surface area contributed by atoms with Crippen LogP contribution in [0.15, 0.2) is 30.5 Å². The molecule has 1 aliphatic rings. The highest BCUT2D eigenvalue weighted by atomic mass is 16.3. The molecule has 0 radical (unpaired) electrons. The Hall–Kier alpha value is -3.28. The van der Waals surface area contributed by atoms with Crippen LogP contribution in [0.2, 0.25) is 0 Å². The van der Waals surface area contributed by atoms with Gasteiger partial charge in [0.05, 0.1) is 16.6 Å². The largest absolute Gasteiger partial charge is 0.504 e. The monoisotopic (exact) mass is 294 g/mol. The van der Waals surface area contributed by atoms with E-state index in [0.717, 1.165) is 0 Å². The van der Waals surface area contributed by atoms with Gasteiger partial charge < -0.3 is 20.2 Å². The molecule has 6 heteroatoms. The first-order chi connectivity index (χ1) is 10.5. The van der Waals surface area contributed by atoms with E-state index in [1.807, 2.05) is 0 Å². The van der Waals surface area contributed by atoms with Gasteiger partial charge in [-0.25, -0.2) is 0 Å². The fourth-order valence-corrected chi connectivity index (χ4v) is 2.72. The van der Waals surface area contributed by atoms with Gasteiger partial charge >= 0.3 is 0 Å². The Morgan fingerprint density at radius 3 is 2.59 bits per heavy atom. The van der Waals surface area contributed by atoms with E-state index in [2.05, 4.69) is 9.97 Å². The Bertz CT molecular complexity index is 1050. The molecular formula is C16H10N2O4. The van der Waals surface area contributed by atoms with Crippen LogP contribution in [0.25, 0.3) is 22.6 Å². The molecule has 0 bridgehead atoms. The number of aromatic amines is 2. The molecular weight excluding hydrogens is 284 g/mol. The van der Waals surface area contributed by atoms with Gasteiger partial charge in [0.15, 0.2) is 11.5 Å². The number of aromatic nitrogens is 2. The van der Waals surface area contributed by atoms with E-state index in [4.69, 9.17) is 0 Å². The molecule has 0 aliphatic heterocycles. The number of benzene rings is 1. The third kappa shape index (κ3) is 1.61. The minimum atomic E-state index is -0.591. The van der Waals surface area contributed by atoms with Crippen LogP contribution >= 0.6 is 0 Å². The molecule has 22 heavy (non-hydrogen) atoms. The van der Waals surface area contributed by atoms with Crippen molar-refractivity contribution in [3.63, 3.8) is 0 Å². The first-order valence-electron chi connectivity index (χ1n) is 6.58. The summed E-state index contributed by atoms with van der Waals surface area (Å²) in [7, 11) is 0. The number of hydrogen-bond donors (Lipinski definition) is 4. The Kier molecular flexibility index (Phi) is 2.33. The zero-order chi connectivity index (χ0) is 15.4. The van der Waals surface area contributed by atoms with Crippen molar-refractivity contribution >= 4 is 34.1 Å². The molecule has 0 saturated heterocycles. The second kappa shape index (κ2) is 4.11. The average Bonchev–Trinajstić information content (AvgIpc) is 3.07. The van der Waals surface area contributed by atoms with Crippen LogP contribution < -0.4 is 10.6 Å². The summed E-state index contributed by atoms with van der Waals surface area (Å²) in [5.41, 5.74) is 1.30. The van der Waals surface area contributed by atoms with Gasteiger partial charge in [0.2, 0.25) is 11.6 Å². The number of carbonyl (C=O) groups excluding carboxylic acids is 2. The van der Waals surface area contributed by atoms with Crippen molar-refractivity contribution < 1.29 is 19.8 Å². The van der Waals surface area contributed by atoms with Crippen LogP contribution in [-0.2, 0) is 9.59 Å². The SMILES string of the molecule is O=C1C=c2[nH]ccc2=C(c2cc3cc(O)c(O)cc3[nH]2)C1=O. The first kappa shape index (κ1) is 12.5. The smallest absolute Gasteiger partial charge is 0.235 e. The molecule has 0 amide bonds. The van der Waals surface area contributed by atoms with Gasteiger partial charge in [-0.1, -0.05) is 0 Å². The van der Waals surface area contributed by atoms with Crippen molar-refractivity contribution in [2.45, 2.75) is 0 Å². The maximum atomic E-state index is 12.2. The number of hydrogen-bond acceptors (Lipinski definition) is 4. The molecule has 3 aromatic rings. The molecule has 0 unspecified atom stereocenters. The molecule has 0 spiro atoms. The number of H-pyrrole nitrogens is 2. The Morgan fingerprint density at radius 1 is 1.00 bits per heavy atom. The minimum Gasteiger partial charge on any atom is -0.504 e. The molecule has 0 atom stereocenters. The third-order valence-electron chi connectivity index (χ3n) is 3.76. The molecule has 0 fully saturated rings. The molecule has 2 aromatic heterocycles. The summed E-state index contributed by atoms with van der Waals surface area (Å²) in [6, 6.07) is 6.15. The van der Waals surface area contributed by atoms with Crippen LogP contribution in [-0.4, -0.2) is 31.7 Å². The van der Waals surface area contributed by atoms with Crippen molar-refractivity contribution in [2.75, 3.05) is 0 Å². The Labute approximate surface area is 123 Å². The summed E-state index contributed by atoms with van der Waals surface area (Å²) in [6.45, 7) is 0. The van der Waals surface area contributed by atoms with Crippen LogP contribution in [0.3, 0.4) is 0 Å². The van der Waals surface area contributed by atoms with Crippen molar-refractivity contribution in [3.05, 3.63) is 46.7 Å². The van der Waals surface area contributed by atoms with Gasteiger partial charge in [0.25, 0.3) is 0 Å². The summed E-state index contributed by atoms with van der Waals surface area (Å²) >= 11 is 0. The minimum absolute atomic E-state index is 0.246. The van der Waals surface area contributed by atoms with E-state index in [9.17, 15) is 19.8 Å². The van der Waals surface area contributed by atoms with Crippen LogP contribution in [0.1, 0.15) is 5.69 Å². The second-order valence-electron chi connectivity index (χ2n) is 5.13. The number of rotatable bonds is 1. The quantitative estimate of drug-likeness (QED) is 0.375. The summed E-state index contributed by atoms with van der Waals surface area (Å²) in [6.07, 6.45) is 2.94. The van der Waals surface area contributed by atoms with Gasteiger partial charge in [-0.05, 0) is 18.2 Å². The van der Waals surface area contributed by atoms with E-state index in [1.165, 1.54) is 18.2 Å². The number of Topliss-reactive ketones (excluding diaryl/α,β-unsaturated/α-hetero) is 2. The molecule has 4 rings (SSSR count). The normalized spacial score (nSPS) is 14.3. The fraction of sp³-hybridized carbons (Fsp3) is 0. The zero-order valence-electron chi connectivity index (χ0n) is 11.2. The van der Waals surface area contributed by atoms with Crippen molar-refractivity contribution in [1.29, 1.82) is 0 Å². The lowest BCUT2D eigenvalue weighted by molar-refractivity contribution is -0.129. The molecule has 1 aromatic carbocycles. The fourth-order valence-electron chi connectivity index (χ4n) is 2.72. The summed E-state index contributed by atoms with van der Waals surface area (Å²) in [4.78, 5) is 30.0. The molecule has 1 aliphatic carbocycles. The van der Waals surface area contributed by atoms with Crippen LogP contribution in [0, 0.1) is 0 Å². The predicted octanol–water partition coefficient (Wildman–Crippen LogP) is 0.0385. The number of carbonyl (C=O) groups is 2. The Balaban J connectivity index is 2.07. The van der Waals surface area contributed by atoms with E-state index >= 15 is 0 Å². The molecule has 6 nitrogen and oxygen atoms in total. The highest BCUT2D eigenvalue weighted by Gasteiger charge is 2.25. The van der Waals surface area contributed by atoms with Crippen molar-refractivity contribution in [2.24, 2.45) is 0 Å². The lowest BCUT2D eigenvalue weighted by atomic mass is 9.98. The van der Waals surface area contributed by atoms with E-state index in [-0.39, 0.29) is 17.1 Å². The highest BCUT2D eigenvalue weighted by molar-refractivity contribution is 6.61. The van der Waals surface area contributed by atoms with Gasteiger partial charge in [0, 0.05) is 34.5 Å². The number of aromatic hydroxyl groups is 2. The molecule has 108 valence electrons. The topological polar surface area (TPSA) is 106 Å². The molecule has 2 heterocycles. The van der Waals surface area contributed by atoms with E-state index < -0.39 is 11.6 Å². The standard InChI is InChI=1S/C16H10N2O4/c19-12-4-7-3-11(18-9(7)5-13(12)20)15-8-1-2-17-10(8)6-14(21)16(15)22/h1-6,17-20H. The average molecular weight is 294 g/mol. The van der Waals surface area contributed by atoms with Gasteiger partial charge in [-0.2, -0.15) is 0 Å². The van der Waals surface area contributed by atoms with Gasteiger partial charge in [0.1, 0.15) is 0 Å². The molecule has 0 saturated carbocycles. The van der Waals surface area contributed by atoms with E-state index in [1.54, 1.807) is 18.3 Å². The third-order valence-corrected chi connectivity index (χ3v) is 3.76. The number of phenols is 2. The Morgan fingerprint density at radius 2 is 1.77 bits per heavy atom. The van der Waals surface area contributed by atoms with E-state index in [0.29, 0.717) is 27.2 Å². The summed E-state index contributed by atoms with van der Waals surface area (Å²) in [5, 5.41) is 21.0. The first-order valence-corrected chi connectivity index (χ1v) is 6.58. The number of phenolic OH excluding ortho intramolecular Hbond substituents is 2. The highest BCUT2D eigenvalue weighted by Crippen LogP contribution is 2.31. The summed E-state index contributed by atoms with van der Waals surface area (Å²) < 4.78 is 0. The zero-order valence-corrected chi connectivity index (χ0v) is 11.2. The maximum absolute atomic E-state index is 12.2. The number of fused-ring (bicyclic) bond motifs is 2. The number of nitrogens with one attached hydrogen (secondary N) is 2. The van der Waals surface area contributed by atoms with Crippen LogP contribution in [0.5, 0.6) is 11.5 Å². The van der Waals surface area contributed by atoms with Crippen molar-refractivity contribution in [3.8, 4) is 11.5 Å². The van der Waals surface area contributed by atoms with Crippen molar-refractivity contribution in [1.82, 2.24) is 9.97 Å². The van der Waals surface area contributed by atoms with Gasteiger partial charge in [-0.15, -0.1) is 0 Å².